The first-order chi connectivity index (χ1) is 11.4. The maximum Gasteiger partial charge on any atom is 0.423 e. The Morgan fingerprint density at radius 3 is 2.54 bits per heavy atom. The maximum absolute atomic E-state index is 12.9. The zero-order valence-electron chi connectivity index (χ0n) is 12.1. The Labute approximate surface area is 137 Å². The summed E-state index contributed by atoms with van der Waals surface area (Å²) in [5.74, 6) is 0. The zero-order valence-corrected chi connectivity index (χ0v) is 12.9. The van der Waals surface area contributed by atoms with Crippen LogP contribution in [0.25, 0.3) is 31.5 Å². The lowest BCUT2D eigenvalue weighted by Gasteiger charge is -2.06. The van der Waals surface area contributed by atoms with Crippen LogP contribution in [0.15, 0.2) is 64.0 Å². The highest BCUT2D eigenvalue weighted by atomic mass is 32.1. The monoisotopic (exact) mass is 346 g/mol. The van der Waals surface area contributed by atoms with Gasteiger partial charge in [0.2, 0.25) is 5.43 Å². The van der Waals surface area contributed by atoms with E-state index in [2.05, 4.69) is 0 Å². The number of alkyl halides is 3. The van der Waals surface area contributed by atoms with Crippen molar-refractivity contribution < 1.29 is 17.6 Å². The molecule has 2 aromatic carbocycles. The molecule has 0 aliphatic rings. The molecule has 0 aliphatic carbocycles. The van der Waals surface area contributed by atoms with Crippen molar-refractivity contribution in [2.75, 3.05) is 0 Å². The predicted octanol–water partition coefficient (Wildman–Crippen LogP) is 5.69. The van der Waals surface area contributed by atoms with Gasteiger partial charge in [0.05, 0.1) is 5.39 Å². The lowest BCUT2D eigenvalue weighted by molar-refractivity contribution is -0.139. The minimum Gasteiger partial charge on any atom is -0.463 e. The van der Waals surface area contributed by atoms with Crippen LogP contribution >= 0.6 is 11.3 Å². The second kappa shape index (κ2) is 5.21. The molecule has 4 aromatic rings. The molecule has 0 unspecified atom stereocenters. The minimum atomic E-state index is -4.73. The average molecular weight is 346 g/mol. The van der Waals surface area contributed by atoms with E-state index in [0.717, 1.165) is 15.0 Å². The Kier molecular flexibility index (Phi) is 3.25. The van der Waals surface area contributed by atoms with E-state index in [0.29, 0.717) is 11.8 Å². The summed E-state index contributed by atoms with van der Waals surface area (Å²) in [4.78, 5) is 13.0. The summed E-state index contributed by atoms with van der Waals surface area (Å²) in [6.45, 7) is 0. The van der Waals surface area contributed by atoms with Crippen LogP contribution in [-0.4, -0.2) is 0 Å². The Bertz CT molecular complexity index is 1090. The first-order valence-electron chi connectivity index (χ1n) is 7.05. The summed E-state index contributed by atoms with van der Waals surface area (Å²) in [6, 6.07) is 14.5. The summed E-state index contributed by atoms with van der Waals surface area (Å²) in [6.07, 6.45) is -4.26. The number of hydrogen-bond donors (Lipinski definition) is 0. The topological polar surface area (TPSA) is 30.2 Å². The number of fused-ring (bicyclic) bond motifs is 2. The van der Waals surface area contributed by atoms with Gasteiger partial charge in [0.25, 0.3) is 0 Å². The second-order valence-corrected chi connectivity index (χ2v) is 6.42. The summed E-state index contributed by atoms with van der Waals surface area (Å²) in [5.41, 5.74) is -1.52. The molecule has 0 radical (unpaired) electrons. The molecule has 0 atom stereocenters. The van der Waals surface area contributed by atoms with Crippen LogP contribution in [0.4, 0.5) is 13.2 Å². The van der Waals surface area contributed by atoms with Crippen LogP contribution in [0.3, 0.4) is 0 Å². The number of halogens is 3. The van der Waals surface area contributed by atoms with Crippen molar-refractivity contribution in [1.29, 1.82) is 0 Å². The normalized spacial score (nSPS) is 12.1. The van der Waals surface area contributed by atoms with Crippen LogP contribution in [0.1, 0.15) is 5.56 Å². The van der Waals surface area contributed by atoms with Crippen molar-refractivity contribution >= 4 is 32.4 Å². The largest absolute Gasteiger partial charge is 0.463 e. The minimum absolute atomic E-state index is 0.0696. The number of benzene rings is 2. The van der Waals surface area contributed by atoms with Crippen molar-refractivity contribution in [2.45, 2.75) is 6.18 Å². The summed E-state index contributed by atoms with van der Waals surface area (Å²) in [7, 11) is 0. The molecule has 4 rings (SSSR count). The Balaban J connectivity index is 1.94. The van der Waals surface area contributed by atoms with E-state index >= 15 is 0 Å². The summed E-state index contributed by atoms with van der Waals surface area (Å²) < 4.78 is 44.7. The molecule has 2 nitrogen and oxygen atoms in total. The standard InChI is InChI=1S/C18H9F3O2S/c19-18(20,21)13-9-23-14-6-5-11(7-12(14)17(13)22)16-8-10-3-1-2-4-15(10)24-16/h1-9H. The molecule has 0 bridgehead atoms. The van der Waals surface area contributed by atoms with Gasteiger partial charge >= 0.3 is 6.18 Å². The Hall–Kier alpha value is -2.60. The second-order valence-electron chi connectivity index (χ2n) is 5.34. The van der Waals surface area contributed by atoms with Gasteiger partial charge in [-0.1, -0.05) is 18.2 Å². The van der Waals surface area contributed by atoms with E-state index in [-0.39, 0.29) is 11.0 Å². The van der Waals surface area contributed by atoms with E-state index in [4.69, 9.17) is 4.42 Å². The molecule has 0 N–H and O–H groups in total. The fraction of sp³-hybridized carbons (Fsp3) is 0.0556. The van der Waals surface area contributed by atoms with E-state index in [9.17, 15) is 18.0 Å². The highest BCUT2D eigenvalue weighted by Gasteiger charge is 2.35. The first-order valence-corrected chi connectivity index (χ1v) is 7.87. The summed E-state index contributed by atoms with van der Waals surface area (Å²) in [5, 5.41) is 0.980. The average Bonchev–Trinajstić information content (AvgIpc) is 2.98. The smallest absolute Gasteiger partial charge is 0.423 e. The number of rotatable bonds is 1. The molecule has 24 heavy (non-hydrogen) atoms. The Morgan fingerprint density at radius 2 is 1.79 bits per heavy atom. The lowest BCUT2D eigenvalue weighted by Crippen LogP contribution is -2.18. The summed E-state index contributed by atoms with van der Waals surface area (Å²) >= 11 is 1.52. The number of hydrogen-bond acceptors (Lipinski definition) is 3. The Morgan fingerprint density at radius 1 is 1.00 bits per heavy atom. The molecule has 2 heterocycles. The van der Waals surface area contributed by atoms with Crippen LogP contribution in [0, 0.1) is 0 Å². The van der Waals surface area contributed by atoms with Crippen molar-refractivity contribution in [3.05, 3.63) is 70.6 Å². The highest BCUT2D eigenvalue weighted by molar-refractivity contribution is 7.22. The van der Waals surface area contributed by atoms with Crippen LogP contribution < -0.4 is 5.43 Å². The molecule has 0 amide bonds. The van der Waals surface area contributed by atoms with Crippen molar-refractivity contribution in [2.24, 2.45) is 0 Å². The SMILES string of the molecule is O=c1c(C(F)(F)F)coc2ccc(-c3cc4ccccc4s3)cc12. The van der Waals surface area contributed by atoms with Gasteiger partial charge in [-0.2, -0.15) is 13.2 Å². The van der Waals surface area contributed by atoms with Crippen molar-refractivity contribution in [3.8, 4) is 10.4 Å². The van der Waals surface area contributed by atoms with Gasteiger partial charge in [-0.05, 0) is 41.3 Å². The molecule has 0 saturated carbocycles. The van der Waals surface area contributed by atoms with E-state index < -0.39 is 17.2 Å². The van der Waals surface area contributed by atoms with Crippen molar-refractivity contribution in [3.63, 3.8) is 0 Å². The first kappa shape index (κ1) is 15.0. The van der Waals surface area contributed by atoms with Gasteiger partial charge in [-0.25, -0.2) is 0 Å². The van der Waals surface area contributed by atoms with Gasteiger partial charge in [-0.3, -0.25) is 4.79 Å². The van der Waals surface area contributed by atoms with Gasteiger partial charge in [-0.15, -0.1) is 11.3 Å². The quantitative estimate of drug-likeness (QED) is 0.443. The fourth-order valence-corrected chi connectivity index (χ4v) is 3.66. The van der Waals surface area contributed by atoms with E-state index in [1.165, 1.54) is 23.5 Å². The molecular weight excluding hydrogens is 337 g/mol. The molecule has 0 saturated heterocycles. The third-order valence-electron chi connectivity index (χ3n) is 3.79. The molecule has 120 valence electrons. The molecule has 0 aliphatic heterocycles. The molecule has 0 fully saturated rings. The maximum atomic E-state index is 12.9. The van der Waals surface area contributed by atoms with Crippen LogP contribution in [0.2, 0.25) is 0 Å². The third kappa shape index (κ3) is 2.39. The van der Waals surface area contributed by atoms with Crippen LogP contribution in [-0.2, 0) is 6.18 Å². The van der Waals surface area contributed by atoms with Gasteiger partial charge in [0.1, 0.15) is 17.4 Å². The highest BCUT2D eigenvalue weighted by Crippen LogP contribution is 2.35. The van der Waals surface area contributed by atoms with Gasteiger partial charge in [0, 0.05) is 9.58 Å². The van der Waals surface area contributed by atoms with E-state index in [1.807, 2.05) is 30.3 Å². The zero-order chi connectivity index (χ0) is 16.9. The third-order valence-corrected chi connectivity index (χ3v) is 4.95. The number of thiophene rings is 1. The van der Waals surface area contributed by atoms with Gasteiger partial charge < -0.3 is 4.42 Å². The van der Waals surface area contributed by atoms with Crippen LogP contribution in [0.5, 0.6) is 0 Å². The van der Waals surface area contributed by atoms with E-state index in [1.54, 1.807) is 6.07 Å². The molecule has 0 spiro atoms. The van der Waals surface area contributed by atoms with Crippen molar-refractivity contribution in [1.82, 2.24) is 0 Å². The lowest BCUT2D eigenvalue weighted by atomic mass is 10.1. The fourth-order valence-electron chi connectivity index (χ4n) is 2.60. The predicted molar refractivity (Wildman–Crippen MR) is 88.3 cm³/mol. The van der Waals surface area contributed by atoms with Gasteiger partial charge in [0.15, 0.2) is 0 Å². The molecular formula is C18H9F3O2S. The molecule has 2 aromatic heterocycles. The molecule has 6 heteroatoms.